The van der Waals surface area contributed by atoms with Gasteiger partial charge in [0.15, 0.2) is 11.5 Å². The third kappa shape index (κ3) is 4.03. The van der Waals surface area contributed by atoms with Gasteiger partial charge in [0.25, 0.3) is 15.9 Å². The summed E-state index contributed by atoms with van der Waals surface area (Å²) in [6, 6.07) is 10.6. The molecule has 3 heterocycles. The Kier molecular flexibility index (Phi) is 6.48. The topological polar surface area (TPSA) is 96.4 Å². The fourth-order valence-corrected chi connectivity index (χ4v) is 8.19. The summed E-state index contributed by atoms with van der Waals surface area (Å²) in [6.07, 6.45) is 8.47. The van der Waals surface area contributed by atoms with Crippen LogP contribution >= 0.6 is 0 Å². The first-order chi connectivity index (χ1) is 18.3. The SMILES string of the molecule is COc1ccc2c3c1O[C@@H]1C[C@@H](O)C=CC31CCN(CCCCCCN1C(=O)c3ccccc3S1(=O)=O)C2. The van der Waals surface area contributed by atoms with Crippen LogP contribution in [0.4, 0.5) is 0 Å². The minimum absolute atomic E-state index is 0.0942. The van der Waals surface area contributed by atoms with Gasteiger partial charge in [-0.1, -0.05) is 43.2 Å². The average Bonchev–Trinajstić information content (AvgIpc) is 3.26. The molecule has 2 aromatic rings. The Morgan fingerprint density at radius 1 is 1.11 bits per heavy atom. The highest BCUT2D eigenvalue weighted by atomic mass is 32.2. The van der Waals surface area contributed by atoms with Gasteiger partial charge in [0.2, 0.25) is 0 Å². The zero-order valence-electron chi connectivity index (χ0n) is 21.6. The molecule has 3 atom stereocenters. The van der Waals surface area contributed by atoms with Gasteiger partial charge in [0.1, 0.15) is 11.0 Å². The number of aliphatic hydroxyl groups excluding tert-OH is 1. The van der Waals surface area contributed by atoms with Crippen molar-refractivity contribution < 1.29 is 27.8 Å². The Hall–Kier alpha value is -2.88. The van der Waals surface area contributed by atoms with E-state index in [4.69, 9.17) is 9.47 Å². The van der Waals surface area contributed by atoms with E-state index >= 15 is 0 Å². The molecule has 3 aliphatic heterocycles. The van der Waals surface area contributed by atoms with Crippen LogP contribution in [-0.2, 0) is 22.0 Å². The molecule has 0 fully saturated rings. The number of amides is 1. The summed E-state index contributed by atoms with van der Waals surface area (Å²) in [5, 5.41) is 10.3. The van der Waals surface area contributed by atoms with Gasteiger partial charge >= 0.3 is 0 Å². The lowest BCUT2D eigenvalue weighted by molar-refractivity contribution is 0.0809. The van der Waals surface area contributed by atoms with Crippen molar-refractivity contribution in [3.63, 3.8) is 0 Å². The van der Waals surface area contributed by atoms with E-state index in [0.717, 1.165) is 61.1 Å². The van der Waals surface area contributed by atoms with Gasteiger partial charge in [-0.05, 0) is 56.1 Å². The number of nitrogens with zero attached hydrogens (tertiary/aromatic N) is 2. The average molecular weight is 539 g/mol. The van der Waals surface area contributed by atoms with Crippen LogP contribution in [0.15, 0.2) is 53.4 Å². The molecule has 9 heteroatoms. The van der Waals surface area contributed by atoms with E-state index in [-0.39, 0.29) is 28.5 Å². The van der Waals surface area contributed by atoms with Gasteiger partial charge in [0.05, 0.1) is 24.2 Å². The molecule has 6 rings (SSSR count). The molecule has 4 aliphatic rings. The van der Waals surface area contributed by atoms with Crippen LogP contribution in [0.2, 0.25) is 0 Å². The maximum Gasteiger partial charge on any atom is 0.269 e. The number of carbonyl (C=O) groups excluding carboxylic acids is 1. The Morgan fingerprint density at radius 3 is 2.68 bits per heavy atom. The van der Waals surface area contributed by atoms with Crippen molar-refractivity contribution >= 4 is 15.9 Å². The lowest BCUT2D eigenvalue weighted by atomic mass is 9.69. The molecule has 0 saturated heterocycles. The first kappa shape index (κ1) is 25.4. The second-order valence-electron chi connectivity index (χ2n) is 10.8. The van der Waals surface area contributed by atoms with E-state index in [1.165, 1.54) is 17.2 Å². The summed E-state index contributed by atoms with van der Waals surface area (Å²) >= 11 is 0. The number of rotatable bonds is 8. The molecule has 1 N–H and O–H groups in total. The maximum absolute atomic E-state index is 12.7. The van der Waals surface area contributed by atoms with Crippen molar-refractivity contribution in [2.75, 3.05) is 26.7 Å². The number of carbonyl (C=O) groups is 1. The van der Waals surface area contributed by atoms with Crippen LogP contribution < -0.4 is 9.47 Å². The van der Waals surface area contributed by atoms with Crippen LogP contribution in [-0.4, -0.2) is 67.6 Å². The van der Waals surface area contributed by atoms with E-state index in [9.17, 15) is 18.3 Å². The number of unbranched alkanes of at least 4 members (excludes halogenated alkanes) is 3. The minimum Gasteiger partial charge on any atom is -0.493 e. The molecule has 0 radical (unpaired) electrons. The highest BCUT2D eigenvalue weighted by Crippen LogP contribution is 2.55. The summed E-state index contributed by atoms with van der Waals surface area (Å²) in [5.74, 6) is 1.15. The number of sulfonamides is 1. The fourth-order valence-electron chi connectivity index (χ4n) is 6.58. The largest absolute Gasteiger partial charge is 0.493 e. The van der Waals surface area contributed by atoms with E-state index in [1.54, 1.807) is 25.3 Å². The zero-order chi connectivity index (χ0) is 26.5. The normalized spacial score (nSPS) is 26.9. The van der Waals surface area contributed by atoms with Crippen molar-refractivity contribution in [2.45, 2.75) is 67.6 Å². The Morgan fingerprint density at radius 2 is 1.89 bits per heavy atom. The second kappa shape index (κ2) is 9.70. The summed E-state index contributed by atoms with van der Waals surface area (Å²) < 4.78 is 38.5. The van der Waals surface area contributed by atoms with Gasteiger partial charge in [-0.3, -0.25) is 9.69 Å². The predicted octanol–water partition coefficient (Wildman–Crippen LogP) is 3.63. The zero-order valence-corrected chi connectivity index (χ0v) is 22.5. The van der Waals surface area contributed by atoms with Crippen LogP contribution in [0, 0.1) is 0 Å². The van der Waals surface area contributed by atoms with E-state index in [2.05, 4.69) is 17.0 Å². The molecular weight excluding hydrogens is 504 g/mol. The number of hydrogen-bond acceptors (Lipinski definition) is 7. The molecule has 2 aromatic carbocycles. The van der Waals surface area contributed by atoms with Crippen molar-refractivity contribution in [1.82, 2.24) is 9.21 Å². The van der Waals surface area contributed by atoms with Gasteiger partial charge in [-0.15, -0.1) is 0 Å². The molecule has 0 aromatic heterocycles. The third-order valence-electron chi connectivity index (χ3n) is 8.53. The first-order valence-electron chi connectivity index (χ1n) is 13.5. The molecule has 1 spiro atoms. The number of aliphatic hydroxyl groups is 1. The molecule has 0 bridgehead atoms. The lowest BCUT2D eigenvalue weighted by Crippen LogP contribution is -2.43. The molecule has 1 unspecified atom stereocenters. The van der Waals surface area contributed by atoms with Crippen molar-refractivity contribution in [3.05, 3.63) is 65.2 Å². The van der Waals surface area contributed by atoms with Crippen molar-refractivity contribution in [2.24, 2.45) is 0 Å². The number of ether oxygens (including phenoxy) is 2. The highest BCUT2D eigenvalue weighted by Gasteiger charge is 2.52. The summed E-state index contributed by atoms with van der Waals surface area (Å²) in [4.78, 5) is 15.2. The smallest absolute Gasteiger partial charge is 0.269 e. The molecule has 0 saturated carbocycles. The molecule has 1 aliphatic carbocycles. The molecular formula is C29H34N2O6S. The molecule has 202 valence electrons. The molecule has 38 heavy (non-hydrogen) atoms. The fraction of sp³-hybridized carbons (Fsp3) is 0.483. The van der Waals surface area contributed by atoms with Gasteiger partial charge in [0, 0.05) is 25.1 Å². The molecule has 1 amide bonds. The summed E-state index contributed by atoms with van der Waals surface area (Å²) in [5.41, 5.74) is 2.50. The number of methoxy groups -OCH3 is 1. The first-order valence-corrected chi connectivity index (χ1v) is 14.9. The van der Waals surface area contributed by atoms with Gasteiger partial charge < -0.3 is 14.6 Å². The minimum atomic E-state index is -3.72. The van der Waals surface area contributed by atoms with Crippen LogP contribution in [0.3, 0.4) is 0 Å². The lowest BCUT2D eigenvalue weighted by Gasteiger charge is -2.35. The maximum atomic E-state index is 12.7. The third-order valence-corrected chi connectivity index (χ3v) is 10.4. The van der Waals surface area contributed by atoms with Gasteiger partial charge in [-0.2, -0.15) is 0 Å². The van der Waals surface area contributed by atoms with E-state index in [1.807, 2.05) is 12.1 Å². The monoisotopic (exact) mass is 538 g/mol. The Balaban J connectivity index is 1.06. The molecule has 8 nitrogen and oxygen atoms in total. The van der Waals surface area contributed by atoms with Crippen LogP contribution in [0.1, 0.15) is 60.0 Å². The van der Waals surface area contributed by atoms with Crippen LogP contribution in [0.5, 0.6) is 11.5 Å². The van der Waals surface area contributed by atoms with Gasteiger partial charge in [-0.25, -0.2) is 12.7 Å². The summed E-state index contributed by atoms with van der Waals surface area (Å²) in [6.45, 7) is 2.93. The number of hydrogen-bond donors (Lipinski definition) is 1. The standard InChI is InChI=1S/C29H34N2O6S/c1-36-23-11-10-20-19-30(17-14-29-13-12-21(32)18-25(29)37-27(23)26(20)29)15-6-2-3-7-16-31-28(33)22-8-4-5-9-24(22)38(31,34)35/h4-5,8-13,21,25,32H,2-3,6-7,14-19H2,1H3/t21-,25+,29?/m0/s1. The predicted molar refractivity (Wildman–Crippen MR) is 142 cm³/mol. The highest BCUT2D eigenvalue weighted by molar-refractivity contribution is 7.90. The van der Waals surface area contributed by atoms with E-state index < -0.39 is 22.0 Å². The van der Waals surface area contributed by atoms with Crippen molar-refractivity contribution in [1.29, 1.82) is 0 Å². The number of benzene rings is 2. The van der Waals surface area contributed by atoms with E-state index in [0.29, 0.717) is 12.8 Å². The second-order valence-corrected chi connectivity index (χ2v) is 12.6. The number of fused-ring (bicyclic) bond motifs is 1. The van der Waals surface area contributed by atoms with Crippen LogP contribution in [0.25, 0.3) is 0 Å². The summed E-state index contributed by atoms with van der Waals surface area (Å²) in [7, 11) is -2.06. The quantitative estimate of drug-likeness (QED) is 0.405. The Bertz CT molecular complexity index is 1390. The Labute approximate surface area is 223 Å². The van der Waals surface area contributed by atoms with Crippen molar-refractivity contribution in [3.8, 4) is 11.5 Å².